The van der Waals surface area contributed by atoms with Crippen molar-refractivity contribution >= 4 is 28.4 Å². The lowest BCUT2D eigenvalue weighted by molar-refractivity contribution is 0.0999. The molecule has 0 unspecified atom stereocenters. The fourth-order valence-electron chi connectivity index (χ4n) is 3.05. The highest BCUT2D eigenvalue weighted by Gasteiger charge is 2.09. The molecule has 6 heteroatoms. The number of benzene rings is 2. The Kier molecular flexibility index (Phi) is 4.67. The number of amides is 1. The molecular weight excluding hydrogens is 374 g/mol. The number of fused-ring (bicyclic) bond motifs is 1. The number of ether oxygens (including phenoxy) is 1. The minimum atomic E-state index is -0.447. The van der Waals surface area contributed by atoms with Crippen LogP contribution in [0.1, 0.15) is 15.9 Å². The third-order valence-electron chi connectivity index (χ3n) is 4.39. The topological polar surface area (TPSA) is 78.1 Å². The van der Waals surface area contributed by atoms with E-state index < -0.39 is 5.91 Å². The van der Waals surface area contributed by atoms with Gasteiger partial charge in [0.2, 0.25) is 5.91 Å². The average Bonchev–Trinajstić information content (AvgIpc) is 2.68. The standard InChI is InChI=1S/C22H16ClN3O2/c1-13-9-14(4-5-18(13)22(24)27)20-12-16(6-8-25-20)28-17-10-15-3-2-7-26-21(15)19(23)11-17/h2-12H,1H3,(H2,24,27). The van der Waals surface area contributed by atoms with E-state index in [4.69, 9.17) is 22.1 Å². The SMILES string of the molecule is Cc1cc(-c2cc(Oc3cc(Cl)c4ncccc4c3)ccn2)ccc1C(N)=O. The lowest BCUT2D eigenvalue weighted by atomic mass is 10.0. The van der Waals surface area contributed by atoms with Crippen molar-refractivity contribution in [3.05, 3.63) is 83.1 Å². The van der Waals surface area contributed by atoms with Gasteiger partial charge in [0.1, 0.15) is 11.5 Å². The quantitative estimate of drug-likeness (QED) is 0.523. The van der Waals surface area contributed by atoms with E-state index in [0.717, 1.165) is 27.7 Å². The largest absolute Gasteiger partial charge is 0.457 e. The molecule has 2 heterocycles. The molecule has 2 N–H and O–H groups in total. The summed E-state index contributed by atoms with van der Waals surface area (Å²) in [5.74, 6) is 0.792. The maximum Gasteiger partial charge on any atom is 0.248 e. The van der Waals surface area contributed by atoms with Gasteiger partial charge < -0.3 is 10.5 Å². The highest BCUT2D eigenvalue weighted by atomic mass is 35.5. The van der Waals surface area contributed by atoms with Crippen LogP contribution in [0.15, 0.2) is 67.0 Å². The van der Waals surface area contributed by atoms with Crippen LogP contribution < -0.4 is 10.5 Å². The van der Waals surface area contributed by atoms with Crippen molar-refractivity contribution in [1.82, 2.24) is 9.97 Å². The number of carbonyl (C=O) groups excluding carboxylic acids is 1. The van der Waals surface area contributed by atoms with Crippen molar-refractivity contribution < 1.29 is 9.53 Å². The lowest BCUT2D eigenvalue weighted by Crippen LogP contribution is -2.12. The van der Waals surface area contributed by atoms with Gasteiger partial charge in [0.05, 0.1) is 16.2 Å². The normalized spacial score (nSPS) is 10.8. The first-order valence-corrected chi connectivity index (χ1v) is 8.98. The van der Waals surface area contributed by atoms with Crippen molar-refractivity contribution in [2.75, 3.05) is 0 Å². The predicted molar refractivity (Wildman–Crippen MR) is 110 cm³/mol. The number of aryl methyl sites for hydroxylation is 1. The van der Waals surface area contributed by atoms with Crippen LogP contribution in [0.3, 0.4) is 0 Å². The summed E-state index contributed by atoms with van der Waals surface area (Å²) in [4.78, 5) is 20.1. The Hall–Kier alpha value is -3.44. The van der Waals surface area contributed by atoms with Crippen LogP contribution >= 0.6 is 11.6 Å². The number of pyridine rings is 2. The Morgan fingerprint density at radius 1 is 1.00 bits per heavy atom. The monoisotopic (exact) mass is 389 g/mol. The molecule has 0 aliphatic rings. The smallest absolute Gasteiger partial charge is 0.248 e. The van der Waals surface area contributed by atoms with Crippen molar-refractivity contribution in [1.29, 1.82) is 0 Å². The summed E-state index contributed by atoms with van der Waals surface area (Å²) < 4.78 is 6.00. The van der Waals surface area contributed by atoms with Gasteiger partial charge in [0, 0.05) is 41.0 Å². The first-order valence-electron chi connectivity index (χ1n) is 8.60. The zero-order valence-corrected chi connectivity index (χ0v) is 15.8. The predicted octanol–water partition coefficient (Wildman–Crippen LogP) is 5.15. The first-order chi connectivity index (χ1) is 13.5. The van der Waals surface area contributed by atoms with Crippen LogP contribution in [0.2, 0.25) is 5.02 Å². The molecule has 0 aliphatic carbocycles. The molecule has 0 bridgehead atoms. The molecule has 4 aromatic rings. The summed E-state index contributed by atoms with van der Waals surface area (Å²) in [6.07, 6.45) is 3.38. The Bertz CT molecular complexity index is 1210. The summed E-state index contributed by atoms with van der Waals surface area (Å²) in [6, 6.07) is 16.4. The van der Waals surface area contributed by atoms with E-state index in [0.29, 0.717) is 22.1 Å². The number of nitrogens with two attached hydrogens (primary N) is 1. The summed E-state index contributed by atoms with van der Waals surface area (Å²) in [6.45, 7) is 1.84. The van der Waals surface area contributed by atoms with Crippen molar-refractivity contribution in [2.24, 2.45) is 5.73 Å². The van der Waals surface area contributed by atoms with E-state index in [1.807, 2.05) is 43.3 Å². The molecule has 2 aromatic heterocycles. The second kappa shape index (κ2) is 7.29. The summed E-state index contributed by atoms with van der Waals surface area (Å²) in [5, 5.41) is 1.43. The van der Waals surface area contributed by atoms with Gasteiger partial charge >= 0.3 is 0 Å². The highest BCUT2D eigenvalue weighted by molar-refractivity contribution is 6.35. The van der Waals surface area contributed by atoms with Crippen molar-refractivity contribution in [2.45, 2.75) is 6.92 Å². The number of hydrogen-bond acceptors (Lipinski definition) is 4. The Morgan fingerprint density at radius 2 is 1.86 bits per heavy atom. The van der Waals surface area contributed by atoms with Crippen LogP contribution in [-0.4, -0.2) is 15.9 Å². The molecule has 0 aliphatic heterocycles. The molecule has 0 atom stereocenters. The molecule has 0 radical (unpaired) electrons. The molecule has 0 spiro atoms. The van der Waals surface area contributed by atoms with Gasteiger partial charge in [-0.1, -0.05) is 23.7 Å². The van der Waals surface area contributed by atoms with Crippen LogP contribution in [0.25, 0.3) is 22.2 Å². The van der Waals surface area contributed by atoms with E-state index >= 15 is 0 Å². The summed E-state index contributed by atoms with van der Waals surface area (Å²) in [5.41, 5.74) is 9.00. The maximum atomic E-state index is 11.4. The fourth-order valence-corrected chi connectivity index (χ4v) is 3.31. The first kappa shape index (κ1) is 17.9. The number of rotatable bonds is 4. The van der Waals surface area contributed by atoms with Gasteiger partial charge in [-0.25, -0.2) is 0 Å². The molecule has 1 amide bonds. The third kappa shape index (κ3) is 3.52. The zero-order valence-electron chi connectivity index (χ0n) is 15.0. The van der Waals surface area contributed by atoms with Crippen LogP contribution in [0.4, 0.5) is 0 Å². The second-order valence-electron chi connectivity index (χ2n) is 6.35. The minimum absolute atomic E-state index is 0.447. The van der Waals surface area contributed by atoms with Crippen LogP contribution in [0.5, 0.6) is 11.5 Å². The minimum Gasteiger partial charge on any atom is -0.457 e. The average molecular weight is 390 g/mol. The van der Waals surface area contributed by atoms with Gasteiger partial charge in [-0.05, 0) is 42.8 Å². The second-order valence-corrected chi connectivity index (χ2v) is 6.76. The maximum absolute atomic E-state index is 11.4. The molecule has 0 saturated carbocycles. The highest BCUT2D eigenvalue weighted by Crippen LogP contribution is 2.32. The van der Waals surface area contributed by atoms with Crippen LogP contribution in [-0.2, 0) is 0 Å². The number of hydrogen-bond donors (Lipinski definition) is 1. The molecule has 4 rings (SSSR count). The van der Waals surface area contributed by atoms with Crippen molar-refractivity contribution in [3.63, 3.8) is 0 Å². The van der Waals surface area contributed by atoms with Gasteiger partial charge in [-0.3, -0.25) is 14.8 Å². The molecule has 5 nitrogen and oxygen atoms in total. The third-order valence-corrected chi connectivity index (χ3v) is 4.67. The van der Waals surface area contributed by atoms with E-state index in [1.165, 1.54) is 0 Å². The van der Waals surface area contributed by atoms with Gasteiger partial charge in [-0.15, -0.1) is 0 Å². The number of primary amides is 1. The Balaban J connectivity index is 1.66. The van der Waals surface area contributed by atoms with Crippen molar-refractivity contribution in [3.8, 4) is 22.8 Å². The molecule has 138 valence electrons. The Morgan fingerprint density at radius 3 is 2.64 bits per heavy atom. The van der Waals surface area contributed by atoms with E-state index in [2.05, 4.69) is 9.97 Å². The molecule has 0 saturated heterocycles. The number of nitrogens with zero attached hydrogens (tertiary/aromatic N) is 2. The van der Waals surface area contributed by atoms with E-state index in [9.17, 15) is 4.79 Å². The fraction of sp³-hybridized carbons (Fsp3) is 0.0455. The number of halogens is 1. The lowest BCUT2D eigenvalue weighted by Gasteiger charge is -2.10. The number of aromatic nitrogens is 2. The van der Waals surface area contributed by atoms with Gasteiger partial charge in [-0.2, -0.15) is 0 Å². The zero-order chi connectivity index (χ0) is 19.7. The van der Waals surface area contributed by atoms with Gasteiger partial charge in [0.15, 0.2) is 0 Å². The molecule has 0 fully saturated rings. The number of carbonyl (C=O) groups is 1. The summed E-state index contributed by atoms with van der Waals surface area (Å²) >= 11 is 6.32. The van der Waals surface area contributed by atoms with E-state index in [1.54, 1.807) is 30.6 Å². The molecular formula is C22H16ClN3O2. The summed E-state index contributed by atoms with van der Waals surface area (Å²) in [7, 11) is 0. The molecule has 2 aromatic carbocycles. The van der Waals surface area contributed by atoms with Gasteiger partial charge in [0.25, 0.3) is 0 Å². The van der Waals surface area contributed by atoms with Crippen LogP contribution in [0, 0.1) is 6.92 Å². The van der Waals surface area contributed by atoms with E-state index in [-0.39, 0.29) is 0 Å². The Labute approximate surface area is 166 Å². The molecule has 28 heavy (non-hydrogen) atoms.